The molecule has 0 aliphatic rings. The van der Waals surface area contributed by atoms with Crippen LogP contribution in [0.2, 0.25) is 0 Å². The maximum absolute atomic E-state index is 11.1. The van der Waals surface area contributed by atoms with Gasteiger partial charge in [-0.2, -0.15) is 0 Å². The molecule has 0 fully saturated rings. The molecule has 0 bridgehead atoms. The molecule has 0 saturated heterocycles. The predicted octanol–water partition coefficient (Wildman–Crippen LogP) is 3.34. The van der Waals surface area contributed by atoms with Crippen LogP contribution in [0.4, 0.5) is 5.69 Å². The normalized spacial score (nSPS) is 10.7. The summed E-state index contributed by atoms with van der Waals surface area (Å²) in [5.41, 5.74) is 2.57. The van der Waals surface area contributed by atoms with E-state index in [1.165, 1.54) is 6.07 Å². The molecule has 20 heavy (non-hydrogen) atoms. The summed E-state index contributed by atoms with van der Waals surface area (Å²) < 4.78 is 6.28. The first-order chi connectivity index (χ1) is 9.72. The Morgan fingerprint density at radius 2 is 1.95 bits per heavy atom. The fourth-order valence-electron chi connectivity index (χ4n) is 1.89. The zero-order valence-electron chi connectivity index (χ0n) is 10.4. The van der Waals surface area contributed by atoms with Crippen LogP contribution in [0, 0.1) is 0 Å². The summed E-state index contributed by atoms with van der Waals surface area (Å²) >= 11 is 3.41. The molecular weight excluding hydrogens is 322 g/mol. The average Bonchev–Trinajstić information content (AvgIpc) is 3.06. The smallest absolute Gasteiger partial charge is 0.264 e. The fraction of sp³-hybridized carbons (Fsp3) is 0.0714. The minimum Gasteiger partial charge on any atom is -0.466 e. The van der Waals surface area contributed by atoms with Gasteiger partial charge in [0.15, 0.2) is 0 Å². The number of rotatable bonds is 4. The number of aromatic nitrogens is 2. The standard InChI is InChI=1S/C14H12BrN3O2/c15-11-5-6-20-13(11)8-16-10-3-1-9(2-4-10)12-7-14(19)18-17-12/h1-7,16H,8H2,(H2,17,18,19). The zero-order chi connectivity index (χ0) is 13.9. The molecule has 0 saturated carbocycles. The van der Waals surface area contributed by atoms with E-state index in [0.29, 0.717) is 6.54 Å². The number of benzene rings is 1. The van der Waals surface area contributed by atoms with Crippen LogP contribution in [0.1, 0.15) is 5.76 Å². The van der Waals surface area contributed by atoms with Crippen molar-refractivity contribution in [3.63, 3.8) is 0 Å². The number of nitrogens with one attached hydrogen (secondary N) is 3. The van der Waals surface area contributed by atoms with E-state index < -0.39 is 0 Å². The molecule has 0 atom stereocenters. The van der Waals surface area contributed by atoms with E-state index in [2.05, 4.69) is 31.4 Å². The highest BCUT2D eigenvalue weighted by atomic mass is 79.9. The van der Waals surface area contributed by atoms with Gasteiger partial charge in [0.2, 0.25) is 0 Å². The Kier molecular flexibility index (Phi) is 3.47. The largest absolute Gasteiger partial charge is 0.466 e. The lowest BCUT2D eigenvalue weighted by molar-refractivity contribution is 0.516. The minimum atomic E-state index is -0.134. The molecule has 0 aliphatic heterocycles. The van der Waals surface area contributed by atoms with Crippen molar-refractivity contribution in [3.8, 4) is 11.3 Å². The first-order valence-electron chi connectivity index (χ1n) is 6.06. The summed E-state index contributed by atoms with van der Waals surface area (Å²) in [4.78, 5) is 11.1. The molecule has 1 aromatic carbocycles. The Morgan fingerprint density at radius 3 is 2.55 bits per heavy atom. The summed E-state index contributed by atoms with van der Waals surface area (Å²) in [6.45, 7) is 0.605. The van der Waals surface area contributed by atoms with Crippen LogP contribution in [-0.4, -0.2) is 10.2 Å². The number of halogens is 1. The predicted molar refractivity (Wildman–Crippen MR) is 80.6 cm³/mol. The zero-order valence-corrected chi connectivity index (χ0v) is 12.0. The third kappa shape index (κ3) is 2.70. The van der Waals surface area contributed by atoms with Crippen LogP contribution < -0.4 is 10.9 Å². The van der Waals surface area contributed by atoms with Crippen molar-refractivity contribution in [3.05, 3.63) is 63.2 Å². The number of anilines is 1. The molecule has 3 aromatic rings. The minimum absolute atomic E-state index is 0.134. The second kappa shape index (κ2) is 5.42. The third-order valence-corrected chi connectivity index (χ3v) is 3.64. The monoisotopic (exact) mass is 333 g/mol. The van der Waals surface area contributed by atoms with E-state index in [-0.39, 0.29) is 5.56 Å². The van der Waals surface area contributed by atoms with Crippen molar-refractivity contribution in [1.82, 2.24) is 10.2 Å². The van der Waals surface area contributed by atoms with Crippen LogP contribution >= 0.6 is 15.9 Å². The van der Waals surface area contributed by atoms with Crippen LogP contribution in [0.3, 0.4) is 0 Å². The average molecular weight is 334 g/mol. The Balaban J connectivity index is 1.70. The highest BCUT2D eigenvalue weighted by Gasteiger charge is 2.04. The molecule has 6 heteroatoms. The van der Waals surface area contributed by atoms with Gasteiger partial charge >= 0.3 is 0 Å². The third-order valence-electron chi connectivity index (χ3n) is 2.94. The van der Waals surface area contributed by atoms with Gasteiger partial charge in [0.1, 0.15) is 5.76 Å². The molecular formula is C14H12BrN3O2. The van der Waals surface area contributed by atoms with Crippen molar-refractivity contribution < 1.29 is 4.42 Å². The molecule has 0 aliphatic carbocycles. The quantitative estimate of drug-likeness (QED) is 0.685. The highest BCUT2D eigenvalue weighted by Crippen LogP contribution is 2.21. The van der Waals surface area contributed by atoms with Crippen molar-refractivity contribution in [2.75, 3.05) is 5.32 Å². The van der Waals surface area contributed by atoms with Crippen LogP contribution in [0.15, 0.2) is 56.3 Å². The number of H-pyrrole nitrogens is 2. The molecule has 2 aromatic heterocycles. The highest BCUT2D eigenvalue weighted by molar-refractivity contribution is 9.10. The lowest BCUT2D eigenvalue weighted by Gasteiger charge is -2.05. The number of aromatic amines is 2. The Bertz CT molecular complexity index is 755. The summed E-state index contributed by atoms with van der Waals surface area (Å²) in [6, 6.07) is 11.2. The SMILES string of the molecule is O=c1cc(-c2ccc(NCc3occc3Br)cc2)[nH][nH]1. The number of hydrogen-bond acceptors (Lipinski definition) is 3. The first kappa shape index (κ1) is 12.8. The number of furan rings is 1. The van der Waals surface area contributed by atoms with E-state index in [1.807, 2.05) is 30.3 Å². The van der Waals surface area contributed by atoms with E-state index in [4.69, 9.17) is 4.42 Å². The molecule has 3 rings (SSSR count). The lowest BCUT2D eigenvalue weighted by atomic mass is 10.1. The summed E-state index contributed by atoms with van der Waals surface area (Å²) in [7, 11) is 0. The molecule has 3 N–H and O–H groups in total. The Hall–Kier alpha value is -2.21. The molecule has 0 radical (unpaired) electrons. The number of hydrogen-bond donors (Lipinski definition) is 3. The topological polar surface area (TPSA) is 73.8 Å². The Morgan fingerprint density at radius 1 is 1.15 bits per heavy atom. The molecule has 102 valence electrons. The fourth-order valence-corrected chi connectivity index (χ4v) is 2.23. The molecule has 0 spiro atoms. The van der Waals surface area contributed by atoms with Gasteiger partial charge < -0.3 is 9.73 Å². The van der Waals surface area contributed by atoms with E-state index in [1.54, 1.807) is 6.26 Å². The molecule has 5 nitrogen and oxygen atoms in total. The van der Waals surface area contributed by atoms with E-state index in [0.717, 1.165) is 27.2 Å². The van der Waals surface area contributed by atoms with Gasteiger partial charge in [-0.1, -0.05) is 12.1 Å². The van der Waals surface area contributed by atoms with Gasteiger partial charge in [-0.15, -0.1) is 0 Å². The molecule has 0 amide bonds. The summed E-state index contributed by atoms with van der Waals surface area (Å²) in [5, 5.41) is 8.61. The van der Waals surface area contributed by atoms with Gasteiger partial charge in [-0.25, -0.2) is 0 Å². The molecule has 0 unspecified atom stereocenters. The summed E-state index contributed by atoms with van der Waals surface area (Å²) in [6.07, 6.45) is 1.65. The maximum atomic E-state index is 11.1. The molecule has 2 heterocycles. The lowest BCUT2D eigenvalue weighted by Crippen LogP contribution is -1.98. The second-order valence-corrected chi connectivity index (χ2v) is 5.15. The van der Waals surface area contributed by atoms with Gasteiger partial charge in [0.05, 0.1) is 23.0 Å². The Labute approximate surface area is 123 Å². The first-order valence-corrected chi connectivity index (χ1v) is 6.85. The van der Waals surface area contributed by atoms with Gasteiger partial charge in [-0.05, 0) is 39.7 Å². The van der Waals surface area contributed by atoms with Crippen molar-refractivity contribution in [2.45, 2.75) is 6.54 Å². The van der Waals surface area contributed by atoms with Crippen molar-refractivity contribution in [1.29, 1.82) is 0 Å². The van der Waals surface area contributed by atoms with Crippen LogP contribution in [-0.2, 0) is 6.54 Å². The van der Waals surface area contributed by atoms with E-state index >= 15 is 0 Å². The van der Waals surface area contributed by atoms with Crippen molar-refractivity contribution >= 4 is 21.6 Å². The van der Waals surface area contributed by atoms with Gasteiger partial charge in [0.25, 0.3) is 5.56 Å². The van der Waals surface area contributed by atoms with Gasteiger partial charge in [-0.3, -0.25) is 15.0 Å². The second-order valence-electron chi connectivity index (χ2n) is 4.29. The van der Waals surface area contributed by atoms with Crippen LogP contribution in [0.5, 0.6) is 0 Å². The summed E-state index contributed by atoms with van der Waals surface area (Å²) in [5.74, 6) is 0.851. The van der Waals surface area contributed by atoms with Crippen LogP contribution in [0.25, 0.3) is 11.3 Å². The van der Waals surface area contributed by atoms with E-state index in [9.17, 15) is 4.79 Å². The maximum Gasteiger partial charge on any atom is 0.264 e. The van der Waals surface area contributed by atoms with Gasteiger partial charge in [0, 0.05) is 11.8 Å². The van der Waals surface area contributed by atoms with Crippen molar-refractivity contribution in [2.24, 2.45) is 0 Å².